The maximum Gasteiger partial charge on any atom is 0.261 e. The summed E-state index contributed by atoms with van der Waals surface area (Å²) in [5, 5.41) is 3.01. The topological polar surface area (TPSA) is 29.1 Å². The molecule has 1 aliphatic rings. The van der Waals surface area contributed by atoms with Gasteiger partial charge in [-0.2, -0.15) is 0 Å². The molecule has 1 N–H and O–H groups in total. The van der Waals surface area contributed by atoms with E-state index in [0.717, 1.165) is 37.1 Å². The lowest BCUT2D eigenvalue weighted by atomic mass is 9.99. The van der Waals surface area contributed by atoms with Crippen molar-refractivity contribution >= 4 is 33.2 Å². The summed E-state index contributed by atoms with van der Waals surface area (Å²) < 4.78 is 0. The molecule has 0 spiro atoms. The number of amides is 1. The number of thiophene rings is 1. The molecule has 0 saturated carbocycles. The number of hydrogen-bond donors (Lipinski definition) is 1. The van der Waals surface area contributed by atoms with Gasteiger partial charge in [0.2, 0.25) is 0 Å². The number of fused-ring (bicyclic) bond motifs is 1. The van der Waals surface area contributed by atoms with E-state index in [-0.39, 0.29) is 5.91 Å². The van der Waals surface area contributed by atoms with Gasteiger partial charge in [0.1, 0.15) is 0 Å². The Kier molecular flexibility index (Phi) is 5.25. The average Bonchev–Trinajstić information content (AvgIpc) is 2.78. The predicted molar refractivity (Wildman–Crippen MR) is 80.9 cm³/mol. The smallest absolute Gasteiger partial charge is 0.261 e. The van der Waals surface area contributed by atoms with Crippen LogP contribution in [0.3, 0.4) is 0 Å². The zero-order valence-electron chi connectivity index (χ0n) is 10.8. The van der Waals surface area contributed by atoms with Crippen LogP contribution in [0.2, 0.25) is 0 Å². The largest absolute Gasteiger partial charge is 0.351 e. The minimum Gasteiger partial charge on any atom is -0.351 e. The summed E-state index contributed by atoms with van der Waals surface area (Å²) >= 11 is 5.20. The highest BCUT2D eigenvalue weighted by atomic mass is 79.9. The van der Waals surface area contributed by atoms with Gasteiger partial charge in [-0.3, -0.25) is 4.79 Å². The summed E-state index contributed by atoms with van der Waals surface area (Å²) in [6.07, 6.45) is 6.99. The summed E-state index contributed by atoms with van der Waals surface area (Å²) in [6.45, 7) is 2.91. The molecule has 2 rings (SSSR count). The summed E-state index contributed by atoms with van der Waals surface area (Å²) in [6, 6.07) is 2.10. The first kappa shape index (κ1) is 14.1. The van der Waals surface area contributed by atoms with E-state index in [2.05, 4.69) is 34.2 Å². The maximum atomic E-state index is 12.0. The number of halogens is 1. The van der Waals surface area contributed by atoms with Gasteiger partial charge < -0.3 is 5.32 Å². The van der Waals surface area contributed by atoms with E-state index < -0.39 is 0 Å². The van der Waals surface area contributed by atoms with Crippen LogP contribution < -0.4 is 5.32 Å². The van der Waals surface area contributed by atoms with E-state index in [1.54, 1.807) is 11.3 Å². The fourth-order valence-electron chi connectivity index (χ4n) is 2.27. The Balaban J connectivity index is 1.83. The normalized spacial score (nSPS) is 16.1. The molecule has 2 nitrogen and oxygen atoms in total. The Labute approximate surface area is 121 Å². The molecule has 0 aromatic carbocycles. The standard InChI is InChI=1S/C14H20BrNOS/c1-10(15)5-4-8-16-14(17)13-9-11-6-2-3-7-12(11)18-13/h9-10H,2-8H2,1H3,(H,16,17). The van der Waals surface area contributed by atoms with Crippen LogP contribution in [0, 0.1) is 0 Å². The van der Waals surface area contributed by atoms with Gasteiger partial charge in [0, 0.05) is 16.2 Å². The molecule has 0 fully saturated rings. The lowest BCUT2D eigenvalue weighted by Gasteiger charge is -2.08. The van der Waals surface area contributed by atoms with E-state index >= 15 is 0 Å². The Hall–Kier alpha value is -0.350. The molecule has 1 atom stereocenters. The zero-order valence-corrected chi connectivity index (χ0v) is 13.2. The lowest BCUT2D eigenvalue weighted by molar-refractivity contribution is 0.0957. The van der Waals surface area contributed by atoms with Crippen molar-refractivity contribution in [3.8, 4) is 0 Å². The van der Waals surface area contributed by atoms with Gasteiger partial charge in [0.25, 0.3) is 5.91 Å². The van der Waals surface area contributed by atoms with Crippen molar-refractivity contribution in [1.29, 1.82) is 0 Å². The van der Waals surface area contributed by atoms with Crippen molar-refractivity contribution in [3.63, 3.8) is 0 Å². The van der Waals surface area contributed by atoms with Crippen molar-refractivity contribution in [2.45, 2.75) is 50.3 Å². The number of alkyl halides is 1. The van der Waals surface area contributed by atoms with Crippen molar-refractivity contribution < 1.29 is 4.79 Å². The predicted octanol–water partition coefficient (Wildman–Crippen LogP) is 3.92. The number of carbonyl (C=O) groups excluding carboxylic acids is 1. The summed E-state index contributed by atoms with van der Waals surface area (Å²) in [5.41, 5.74) is 1.41. The first-order chi connectivity index (χ1) is 8.66. The Bertz CT molecular complexity index is 390. The van der Waals surface area contributed by atoms with Crippen LogP contribution >= 0.6 is 27.3 Å². The van der Waals surface area contributed by atoms with E-state index in [1.807, 2.05) is 0 Å². The fraction of sp³-hybridized carbons (Fsp3) is 0.643. The number of hydrogen-bond acceptors (Lipinski definition) is 2. The molecule has 1 aliphatic carbocycles. The number of carbonyl (C=O) groups is 1. The Morgan fingerprint density at radius 2 is 2.28 bits per heavy atom. The third-order valence-corrected chi connectivity index (χ3v) is 4.98. The number of nitrogens with one attached hydrogen (secondary N) is 1. The molecule has 0 saturated heterocycles. The molecular formula is C14H20BrNOS. The third-order valence-electron chi connectivity index (χ3n) is 3.28. The second-order valence-corrected chi connectivity index (χ2v) is 7.64. The molecule has 4 heteroatoms. The molecule has 18 heavy (non-hydrogen) atoms. The molecule has 1 amide bonds. The fourth-order valence-corrected chi connectivity index (χ4v) is 3.77. The SMILES string of the molecule is CC(Br)CCCNC(=O)c1cc2c(s1)CCCC2. The van der Waals surface area contributed by atoms with E-state index in [0.29, 0.717) is 4.83 Å². The monoisotopic (exact) mass is 329 g/mol. The highest BCUT2D eigenvalue weighted by molar-refractivity contribution is 9.09. The van der Waals surface area contributed by atoms with E-state index in [9.17, 15) is 4.79 Å². The van der Waals surface area contributed by atoms with Crippen LogP contribution in [-0.4, -0.2) is 17.3 Å². The van der Waals surface area contributed by atoms with E-state index in [1.165, 1.54) is 23.3 Å². The summed E-state index contributed by atoms with van der Waals surface area (Å²) in [5.74, 6) is 0.108. The van der Waals surface area contributed by atoms with Gasteiger partial charge in [-0.15, -0.1) is 11.3 Å². The molecule has 1 aromatic heterocycles. The van der Waals surface area contributed by atoms with Crippen LogP contribution in [0.4, 0.5) is 0 Å². The Morgan fingerprint density at radius 3 is 3.00 bits per heavy atom. The van der Waals surface area contributed by atoms with Crippen LogP contribution in [-0.2, 0) is 12.8 Å². The second kappa shape index (κ2) is 6.71. The van der Waals surface area contributed by atoms with Crippen molar-refractivity contribution in [2.24, 2.45) is 0 Å². The molecule has 0 radical (unpaired) electrons. The van der Waals surface area contributed by atoms with Crippen LogP contribution in [0.25, 0.3) is 0 Å². The van der Waals surface area contributed by atoms with E-state index in [4.69, 9.17) is 0 Å². The average molecular weight is 330 g/mol. The van der Waals surface area contributed by atoms with Gasteiger partial charge >= 0.3 is 0 Å². The lowest BCUT2D eigenvalue weighted by Crippen LogP contribution is -2.23. The maximum absolute atomic E-state index is 12.0. The first-order valence-corrected chi connectivity index (χ1v) is 8.44. The third kappa shape index (κ3) is 3.82. The van der Waals surface area contributed by atoms with Crippen molar-refractivity contribution in [1.82, 2.24) is 5.32 Å². The van der Waals surface area contributed by atoms with Crippen molar-refractivity contribution in [3.05, 3.63) is 21.4 Å². The van der Waals surface area contributed by atoms with Crippen LogP contribution in [0.15, 0.2) is 6.07 Å². The quantitative estimate of drug-likeness (QED) is 0.643. The highest BCUT2D eigenvalue weighted by Crippen LogP contribution is 2.29. The molecule has 1 aromatic rings. The Morgan fingerprint density at radius 1 is 1.50 bits per heavy atom. The number of aryl methyl sites for hydroxylation is 2. The minimum absolute atomic E-state index is 0.108. The zero-order chi connectivity index (χ0) is 13.0. The first-order valence-electron chi connectivity index (χ1n) is 6.70. The van der Waals surface area contributed by atoms with Gasteiger partial charge in [-0.1, -0.05) is 22.9 Å². The molecule has 0 aliphatic heterocycles. The van der Waals surface area contributed by atoms with Crippen LogP contribution in [0.1, 0.15) is 52.7 Å². The van der Waals surface area contributed by atoms with Gasteiger partial charge in [0.15, 0.2) is 0 Å². The molecule has 0 bridgehead atoms. The molecular weight excluding hydrogens is 310 g/mol. The van der Waals surface area contributed by atoms with Gasteiger partial charge in [-0.25, -0.2) is 0 Å². The van der Waals surface area contributed by atoms with Gasteiger partial charge in [0.05, 0.1) is 4.88 Å². The van der Waals surface area contributed by atoms with Crippen LogP contribution in [0.5, 0.6) is 0 Å². The number of rotatable bonds is 5. The van der Waals surface area contributed by atoms with Gasteiger partial charge in [-0.05, 0) is 50.2 Å². The highest BCUT2D eigenvalue weighted by Gasteiger charge is 2.16. The van der Waals surface area contributed by atoms with Crippen molar-refractivity contribution in [2.75, 3.05) is 6.54 Å². The molecule has 100 valence electrons. The molecule has 1 unspecified atom stereocenters. The summed E-state index contributed by atoms with van der Waals surface area (Å²) in [7, 11) is 0. The second-order valence-electron chi connectivity index (χ2n) is 4.95. The summed E-state index contributed by atoms with van der Waals surface area (Å²) in [4.78, 5) is 14.9. The molecule has 1 heterocycles. The minimum atomic E-state index is 0.108.